The largest absolute Gasteiger partial charge is 0.496 e. The van der Waals surface area contributed by atoms with Gasteiger partial charge < -0.3 is 9.64 Å². The van der Waals surface area contributed by atoms with Crippen molar-refractivity contribution in [2.75, 3.05) is 40.3 Å². The molecule has 1 aromatic rings. The molecule has 0 aromatic heterocycles. The van der Waals surface area contributed by atoms with Gasteiger partial charge in [-0.1, -0.05) is 12.1 Å². The Labute approximate surface area is 119 Å². The highest BCUT2D eigenvalue weighted by Gasteiger charge is 2.22. The van der Waals surface area contributed by atoms with Gasteiger partial charge in [-0.2, -0.15) is 0 Å². The zero-order chi connectivity index (χ0) is 14.5. The number of benzene rings is 1. The molecular formula is C15H20N2O3. The number of para-hydroxylation sites is 1. The zero-order valence-electron chi connectivity index (χ0n) is 12.0. The Morgan fingerprint density at radius 1 is 1.30 bits per heavy atom. The van der Waals surface area contributed by atoms with Gasteiger partial charge in [-0.15, -0.1) is 0 Å². The number of methoxy groups -OCH3 is 1. The molecule has 1 heterocycles. The first-order valence-electron chi connectivity index (χ1n) is 6.74. The van der Waals surface area contributed by atoms with Crippen LogP contribution >= 0.6 is 0 Å². The summed E-state index contributed by atoms with van der Waals surface area (Å²) in [5, 5.41) is 0. The highest BCUT2D eigenvalue weighted by Crippen LogP contribution is 2.18. The monoisotopic (exact) mass is 276 g/mol. The lowest BCUT2D eigenvalue weighted by atomic mass is 10.1. The molecule has 1 aromatic carbocycles. The number of amides is 1. The minimum atomic E-state index is -0.0141. The molecule has 1 saturated heterocycles. The van der Waals surface area contributed by atoms with Crippen LogP contribution in [0, 0.1) is 0 Å². The van der Waals surface area contributed by atoms with Gasteiger partial charge in [-0.3, -0.25) is 14.5 Å². The van der Waals surface area contributed by atoms with E-state index < -0.39 is 0 Å². The molecule has 5 heteroatoms. The van der Waals surface area contributed by atoms with Crippen LogP contribution in [0.5, 0.6) is 5.75 Å². The molecule has 0 bridgehead atoms. The Balaban J connectivity index is 2.05. The maximum atomic E-state index is 12.3. The maximum absolute atomic E-state index is 12.3. The number of rotatable bonds is 4. The Morgan fingerprint density at radius 2 is 2.05 bits per heavy atom. The van der Waals surface area contributed by atoms with Crippen molar-refractivity contribution < 1.29 is 14.3 Å². The SMILES string of the molecule is COc1ccccc1C(=O)CN1CCCN(C)C(=O)C1. The molecule has 1 fully saturated rings. The number of nitrogens with zero attached hydrogens (tertiary/aromatic N) is 2. The Kier molecular flexibility index (Phi) is 4.74. The van der Waals surface area contributed by atoms with Crippen molar-refractivity contribution >= 4 is 11.7 Å². The molecule has 1 aliphatic heterocycles. The maximum Gasteiger partial charge on any atom is 0.236 e. The van der Waals surface area contributed by atoms with Crippen LogP contribution in [-0.2, 0) is 4.79 Å². The highest BCUT2D eigenvalue weighted by molar-refractivity contribution is 6.00. The van der Waals surface area contributed by atoms with Crippen LogP contribution in [0.1, 0.15) is 16.8 Å². The van der Waals surface area contributed by atoms with Crippen molar-refractivity contribution in [3.05, 3.63) is 29.8 Å². The first kappa shape index (κ1) is 14.5. The quantitative estimate of drug-likeness (QED) is 0.771. The third-order valence-electron chi connectivity index (χ3n) is 3.53. The molecule has 108 valence electrons. The summed E-state index contributed by atoms with van der Waals surface area (Å²) >= 11 is 0. The zero-order valence-corrected chi connectivity index (χ0v) is 12.0. The number of hydrogen-bond acceptors (Lipinski definition) is 4. The van der Waals surface area contributed by atoms with Gasteiger partial charge in [-0.05, 0) is 18.6 Å². The molecule has 0 saturated carbocycles. The molecule has 1 amide bonds. The molecule has 0 N–H and O–H groups in total. The molecule has 0 spiro atoms. The fourth-order valence-electron chi connectivity index (χ4n) is 2.35. The minimum absolute atomic E-state index is 0.0141. The van der Waals surface area contributed by atoms with Crippen LogP contribution in [0.25, 0.3) is 0 Å². The minimum Gasteiger partial charge on any atom is -0.496 e. The molecule has 5 nitrogen and oxygen atoms in total. The van der Waals surface area contributed by atoms with Crippen LogP contribution in [-0.4, -0.2) is 61.8 Å². The van der Waals surface area contributed by atoms with Crippen LogP contribution in [0.4, 0.5) is 0 Å². The summed E-state index contributed by atoms with van der Waals surface area (Å²) in [5.41, 5.74) is 0.569. The predicted molar refractivity (Wildman–Crippen MR) is 76.0 cm³/mol. The Hall–Kier alpha value is -1.88. The van der Waals surface area contributed by atoms with Gasteiger partial charge in [0, 0.05) is 20.1 Å². The molecule has 0 unspecified atom stereocenters. The second-order valence-electron chi connectivity index (χ2n) is 5.00. The average Bonchev–Trinajstić information content (AvgIpc) is 2.61. The molecule has 0 aliphatic carbocycles. The smallest absolute Gasteiger partial charge is 0.236 e. The highest BCUT2D eigenvalue weighted by atomic mass is 16.5. The number of hydrogen-bond donors (Lipinski definition) is 0. The van der Waals surface area contributed by atoms with E-state index in [1.165, 1.54) is 0 Å². The van der Waals surface area contributed by atoms with Crippen molar-refractivity contribution in [1.29, 1.82) is 0 Å². The number of likely N-dealkylation sites (N-methyl/N-ethyl adjacent to an activating group) is 1. The summed E-state index contributed by atoms with van der Waals surface area (Å²) in [6.45, 7) is 2.06. The van der Waals surface area contributed by atoms with Crippen molar-refractivity contribution in [1.82, 2.24) is 9.80 Å². The van der Waals surface area contributed by atoms with Crippen molar-refractivity contribution in [2.45, 2.75) is 6.42 Å². The van der Waals surface area contributed by atoms with Crippen LogP contribution in [0.2, 0.25) is 0 Å². The number of carbonyl (C=O) groups is 2. The van der Waals surface area contributed by atoms with E-state index in [9.17, 15) is 9.59 Å². The standard InChI is InChI=1S/C15H20N2O3/c1-16-8-5-9-17(11-15(16)19)10-13(18)12-6-3-4-7-14(12)20-2/h3-4,6-7H,5,8-11H2,1-2H3. The van der Waals surface area contributed by atoms with E-state index in [4.69, 9.17) is 4.74 Å². The summed E-state index contributed by atoms with van der Waals surface area (Å²) in [6, 6.07) is 7.18. The average molecular weight is 276 g/mol. The van der Waals surface area contributed by atoms with E-state index in [2.05, 4.69) is 0 Å². The lowest BCUT2D eigenvalue weighted by Crippen LogP contribution is -2.37. The van der Waals surface area contributed by atoms with Crippen LogP contribution in [0.15, 0.2) is 24.3 Å². The first-order chi connectivity index (χ1) is 9.61. The summed E-state index contributed by atoms with van der Waals surface area (Å²) in [4.78, 5) is 27.8. The summed E-state index contributed by atoms with van der Waals surface area (Å²) < 4.78 is 5.20. The first-order valence-corrected chi connectivity index (χ1v) is 6.74. The molecule has 20 heavy (non-hydrogen) atoms. The van der Waals surface area contributed by atoms with Crippen molar-refractivity contribution in [3.63, 3.8) is 0 Å². The molecule has 0 radical (unpaired) electrons. The third-order valence-corrected chi connectivity index (χ3v) is 3.53. The van der Waals surface area contributed by atoms with Gasteiger partial charge in [0.2, 0.25) is 5.91 Å². The van der Waals surface area contributed by atoms with Gasteiger partial charge in [0.05, 0.1) is 25.8 Å². The summed E-state index contributed by atoms with van der Waals surface area (Å²) in [6.07, 6.45) is 0.890. The van der Waals surface area contributed by atoms with Crippen LogP contribution in [0.3, 0.4) is 0 Å². The number of Topliss-reactive ketones (excluding diaryl/α,β-unsaturated/α-hetero) is 1. The Bertz CT molecular complexity index is 502. The van der Waals surface area contributed by atoms with Crippen LogP contribution < -0.4 is 4.74 Å². The fraction of sp³-hybridized carbons (Fsp3) is 0.467. The number of carbonyl (C=O) groups excluding carboxylic acids is 2. The van der Waals surface area contributed by atoms with E-state index in [-0.39, 0.29) is 18.2 Å². The van der Waals surface area contributed by atoms with Crippen molar-refractivity contribution in [3.8, 4) is 5.75 Å². The van der Waals surface area contributed by atoms with E-state index in [0.29, 0.717) is 17.9 Å². The molecule has 0 atom stereocenters. The number of ether oxygens (including phenoxy) is 1. The van der Waals surface area contributed by atoms with Crippen molar-refractivity contribution in [2.24, 2.45) is 0 Å². The lowest BCUT2D eigenvalue weighted by molar-refractivity contribution is -0.129. The van der Waals surface area contributed by atoms with Gasteiger partial charge in [0.1, 0.15) is 5.75 Å². The van der Waals surface area contributed by atoms with E-state index >= 15 is 0 Å². The summed E-state index contributed by atoms with van der Waals surface area (Å²) in [5.74, 6) is 0.630. The van der Waals surface area contributed by atoms with E-state index in [1.807, 2.05) is 17.0 Å². The van der Waals surface area contributed by atoms with Gasteiger partial charge in [0.25, 0.3) is 0 Å². The topological polar surface area (TPSA) is 49.9 Å². The lowest BCUT2D eigenvalue weighted by Gasteiger charge is -2.19. The second kappa shape index (κ2) is 6.52. The van der Waals surface area contributed by atoms with Gasteiger partial charge in [0.15, 0.2) is 5.78 Å². The Morgan fingerprint density at radius 3 is 2.80 bits per heavy atom. The second-order valence-corrected chi connectivity index (χ2v) is 5.00. The summed E-state index contributed by atoms with van der Waals surface area (Å²) in [7, 11) is 3.35. The number of ketones is 1. The van der Waals surface area contributed by atoms with Gasteiger partial charge >= 0.3 is 0 Å². The predicted octanol–water partition coefficient (Wildman–Crippen LogP) is 1.04. The van der Waals surface area contributed by atoms with E-state index in [1.54, 1.807) is 31.2 Å². The fourth-order valence-corrected chi connectivity index (χ4v) is 2.35. The molecular weight excluding hydrogens is 256 g/mol. The van der Waals surface area contributed by atoms with E-state index in [0.717, 1.165) is 19.5 Å². The molecule has 1 aliphatic rings. The third kappa shape index (κ3) is 3.36. The normalized spacial score (nSPS) is 16.9. The molecule has 2 rings (SSSR count). The van der Waals surface area contributed by atoms with Gasteiger partial charge in [-0.25, -0.2) is 0 Å².